The van der Waals surface area contributed by atoms with Gasteiger partial charge >= 0.3 is 5.97 Å². The molecule has 144 valence electrons. The Bertz CT molecular complexity index is 1050. The average Bonchev–Trinajstić information content (AvgIpc) is 2.65. The van der Waals surface area contributed by atoms with E-state index < -0.39 is 11.9 Å². The number of aliphatic carboxylic acids is 1. The minimum absolute atomic E-state index is 0.0510. The summed E-state index contributed by atoms with van der Waals surface area (Å²) in [5.41, 5.74) is 7.86. The molecule has 1 amide bonds. The van der Waals surface area contributed by atoms with Crippen LogP contribution in [-0.4, -0.2) is 23.6 Å². The molecule has 3 N–H and O–H groups in total. The fourth-order valence-electron chi connectivity index (χ4n) is 3.27. The molecule has 0 bridgehead atoms. The highest BCUT2D eigenvalue weighted by Gasteiger charge is 2.20. The molecule has 0 fully saturated rings. The van der Waals surface area contributed by atoms with Gasteiger partial charge in [0, 0.05) is 10.9 Å². The number of carboxylic acids is 1. The lowest BCUT2D eigenvalue weighted by Gasteiger charge is -2.19. The molecule has 28 heavy (non-hydrogen) atoms. The number of amides is 1. The molecular weight excluding hydrogens is 378 g/mol. The van der Waals surface area contributed by atoms with Crippen molar-refractivity contribution in [3.05, 3.63) is 76.3 Å². The molecule has 0 aromatic heterocycles. The fourth-order valence-corrected chi connectivity index (χ4v) is 3.45. The summed E-state index contributed by atoms with van der Waals surface area (Å²) in [5.74, 6) is -1.25. The van der Waals surface area contributed by atoms with E-state index in [1.807, 2.05) is 49.4 Å². The van der Waals surface area contributed by atoms with Crippen molar-refractivity contribution in [1.82, 2.24) is 0 Å². The Hall–Kier alpha value is -3.05. The number of primary amides is 1. The fraction of sp³-hybridized carbons (Fsp3) is 0.182. The maximum Gasteiger partial charge on any atom is 0.304 e. The topological polar surface area (TPSA) is 89.6 Å². The van der Waals surface area contributed by atoms with Gasteiger partial charge in [0.2, 0.25) is 0 Å². The van der Waals surface area contributed by atoms with Crippen molar-refractivity contribution in [2.75, 3.05) is 6.61 Å². The summed E-state index contributed by atoms with van der Waals surface area (Å²) in [5, 5.41) is 11.9. The lowest BCUT2D eigenvalue weighted by Crippen LogP contribution is -2.19. The zero-order valence-corrected chi connectivity index (χ0v) is 16.1. The Labute approximate surface area is 167 Å². The Kier molecular flexibility index (Phi) is 5.85. The van der Waals surface area contributed by atoms with Crippen LogP contribution in [-0.2, 0) is 9.59 Å². The van der Waals surface area contributed by atoms with Crippen LogP contribution in [0.3, 0.4) is 0 Å². The van der Waals surface area contributed by atoms with Gasteiger partial charge in [-0.25, -0.2) is 0 Å². The van der Waals surface area contributed by atoms with E-state index in [2.05, 4.69) is 0 Å². The zero-order valence-electron chi connectivity index (χ0n) is 15.3. The predicted octanol–water partition coefficient (Wildman–Crippen LogP) is 4.27. The first kappa shape index (κ1) is 19.7. The SMILES string of the molecule is Cc1ccc(Cl)cc1C(CC(=O)O)c1ccc2ccc(OCC(N)=O)cc2c1. The highest BCUT2D eigenvalue weighted by atomic mass is 35.5. The van der Waals surface area contributed by atoms with Crippen molar-refractivity contribution in [3.63, 3.8) is 0 Å². The smallest absolute Gasteiger partial charge is 0.304 e. The van der Waals surface area contributed by atoms with Crippen LogP contribution >= 0.6 is 11.6 Å². The molecule has 3 aromatic rings. The molecule has 6 heteroatoms. The number of carbonyl (C=O) groups excluding carboxylic acids is 1. The third kappa shape index (κ3) is 4.61. The van der Waals surface area contributed by atoms with E-state index in [4.69, 9.17) is 22.1 Å². The largest absolute Gasteiger partial charge is 0.484 e. The van der Waals surface area contributed by atoms with E-state index >= 15 is 0 Å². The van der Waals surface area contributed by atoms with Gasteiger partial charge < -0.3 is 15.6 Å². The Morgan fingerprint density at radius 1 is 1.07 bits per heavy atom. The van der Waals surface area contributed by atoms with E-state index in [1.165, 1.54) is 0 Å². The third-order valence-electron chi connectivity index (χ3n) is 4.61. The van der Waals surface area contributed by atoms with Crippen LogP contribution in [0.4, 0.5) is 0 Å². The average molecular weight is 398 g/mol. The van der Waals surface area contributed by atoms with Crippen LogP contribution in [0.15, 0.2) is 54.6 Å². The molecule has 0 radical (unpaired) electrons. The maximum absolute atomic E-state index is 11.5. The summed E-state index contributed by atoms with van der Waals surface area (Å²) in [6, 6.07) is 16.8. The number of fused-ring (bicyclic) bond motifs is 1. The number of ether oxygens (including phenoxy) is 1. The maximum atomic E-state index is 11.5. The monoisotopic (exact) mass is 397 g/mol. The van der Waals surface area contributed by atoms with Crippen LogP contribution in [0.5, 0.6) is 5.75 Å². The summed E-state index contributed by atoms with van der Waals surface area (Å²) in [4.78, 5) is 22.5. The van der Waals surface area contributed by atoms with Crippen LogP contribution in [0.25, 0.3) is 10.8 Å². The zero-order chi connectivity index (χ0) is 20.3. The second-order valence-corrected chi connectivity index (χ2v) is 7.11. The molecule has 1 unspecified atom stereocenters. The molecule has 0 aliphatic heterocycles. The van der Waals surface area contributed by atoms with Crippen LogP contribution in [0.1, 0.15) is 29.0 Å². The van der Waals surface area contributed by atoms with Crippen molar-refractivity contribution in [2.24, 2.45) is 5.73 Å². The lowest BCUT2D eigenvalue weighted by atomic mass is 9.85. The van der Waals surface area contributed by atoms with E-state index in [0.29, 0.717) is 10.8 Å². The van der Waals surface area contributed by atoms with Gasteiger partial charge in [-0.05, 0) is 58.7 Å². The minimum Gasteiger partial charge on any atom is -0.484 e. The normalized spacial score (nSPS) is 11.9. The second kappa shape index (κ2) is 8.31. The van der Waals surface area contributed by atoms with Gasteiger partial charge in [-0.15, -0.1) is 0 Å². The van der Waals surface area contributed by atoms with Crippen molar-refractivity contribution < 1.29 is 19.4 Å². The van der Waals surface area contributed by atoms with Gasteiger partial charge in [0.05, 0.1) is 6.42 Å². The van der Waals surface area contributed by atoms with E-state index in [-0.39, 0.29) is 18.9 Å². The van der Waals surface area contributed by atoms with Gasteiger partial charge in [0.25, 0.3) is 5.91 Å². The summed E-state index contributed by atoms with van der Waals surface area (Å²) in [7, 11) is 0. The number of nitrogens with two attached hydrogens (primary N) is 1. The molecule has 0 aliphatic carbocycles. The van der Waals surface area contributed by atoms with Crippen LogP contribution < -0.4 is 10.5 Å². The molecule has 0 saturated heterocycles. The number of carbonyl (C=O) groups is 2. The number of rotatable bonds is 7. The number of halogens is 1. The van der Waals surface area contributed by atoms with Gasteiger partial charge in [-0.1, -0.05) is 41.9 Å². The number of hydrogen-bond donors (Lipinski definition) is 2. The lowest BCUT2D eigenvalue weighted by molar-refractivity contribution is -0.137. The Balaban J connectivity index is 2.05. The second-order valence-electron chi connectivity index (χ2n) is 6.67. The summed E-state index contributed by atoms with van der Waals surface area (Å²) < 4.78 is 5.37. The Morgan fingerprint density at radius 3 is 2.54 bits per heavy atom. The number of hydrogen-bond acceptors (Lipinski definition) is 3. The van der Waals surface area contributed by atoms with Crippen LogP contribution in [0.2, 0.25) is 5.02 Å². The van der Waals surface area contributed by atoms with Gasteiger partial charge in [-0.2, -0.15) is 0 Å². The molecule has 1 atom stereocenters. The van der Waals surface area contributed by atoms with Crippen molar-refractivity contribution in [3.8, 4) is 5.75 Å². The van der Waals surface area contributed by atoms with Gasteiger partial charge in [-0.3, -0.25) is 9.59 Å². The van der Waals surface area contributed by atoms with Gasteiger partial charge in [0.15, 0.2) is 6.61 Å². The summed E-state index contributed by atoms with van der Waals surface area (Å²) in [6.07, 6.45) is -0.0510. The van der Waals surface area contributed by atoms with E-state index in [1.54, 1.807) is 12.1 Å². The van der Waals surface area contributed by atoms with E-state index in [9.17, 15) is 14.7 Å². The van der Waals surface area contributed by atoms with Crippen molar-refractivity contribution in [2.45, 2.75) is 19.3 Å². The molecule has 5 nitrogen and oxygen atoms in total. The number of carboxylic acid groups (broad SMARTS) is 1. The quantitative estimate of drug-likeness (QED) is 0.622. The third-order valence-corrected chi connectivity index (χ3v) is 4.85. The highest BCUT2D eigenvalue weighted by Crippen LogP contribution is 2.34. The molecule has 3 aromatic carbocycles. The van der Waals surface area contributed by atoms with E-state index in [0.717, 1.165) is 27.5 Å². The first-order chi connectivity index (χ1) is 13.3. The first-order valence-corrected chi connectivity index (χ1v) is 9.14. The molecule has 0 spiro atoms. The summed E-state index contributed by atoms with van der Waals surface area (Å²) in [6.45, 7) is 1.74. The molecule has 0 heterocycles. The number of aryl methyl sites for hydroxylation is 1. The van der Waals surface area contributed by atoms with Crippen molar-refractivity contribution >= 4 is 34.2 Å². The summed E-state index contributed by atoms with van der Waals surface area (Å²) >= 11 is 6.16. The first-order valence-electron chi connectivity index (χ1n) is 8.76. The number of benzene rings is 3. The Morgan fingerprint density at radius 2 is 1.82 bits per heavy atom. The van der Waals surface area contributed by atoms with Crippen molar-refractivity contribution in [1.29, 1.82) is 0 Å². The van der Waals surface area contributed by atoms with Gasteiger partial charge in [0.1, 0.15) is 5.75 Å². The molecular formula is C22H20ClNO4. The molecule has 0 saturated carbocycles. The standard InChI is InChI=1S/C22H20ClNO4/c1-13-2-6-17(23)10-19(13)20(11-22(26)27)15-4-3-14-5-7-18(9-16(14)8-15)28-12-21(24)25/h2-10,20H,11-12H2,1H3,(H2,24,25)(H,26,27). The molecule has 0 aliphatic rings. The predicted molar refractivity (Wildman–Crippen MR) is 109 cm³/mol. The molecule has 3 rings (SSSR count). The minimum atomic E-state index is -0.886. The highest BCUT2D eigenvalue weighted by molar-refractivity contribution is 6.30. The van der Waals surface area contributed by atoms with Crippen LogP contribution in [0, 0.1) is 6.92 Å².